The average molecular weight is 195 g/mol. The summed E-state index contributed by atoms with van der Waals surface area (Å²) in [5.41, 5.74) is 7.16. The fraction of sp³-hybridized carbons (Fsp3) is 1.00. The van der Waals surface area contributed by atoms with Gasteiger partial charge in [0.15, 0.2) is 0 Å². The Labute approximate surface area is 85.9 Å². The largest absolute Gasteiger partial charge is 0.396 e. The van der Waals surface area contributed by atoms with E-state index in [1.165, 1.54) is 32.1 Å². The normalized spacial score (nSPS) is 60.6. The maximum Gasteiger partial charge on any atom is 0.0488 e. The van der Waals surface area contributed by atoms with Crippen molar-refractivity contribution >= 4 is 0 Å². The highest BCUT2D eigenvalue weighted by Crippen LogP contribution is 2.65. The van der Waals surface area contributed by atoms with Crippen LogP contribution in [0.2, 0.25) is 0 Å². The fourth-order valence-electron chi connectivity index (χ4n) is 5.40. The molecule has 14 heavy (non-hydrogen) atoms. The molecule has 4 atom stereocenters. The van der Waals surface area contributed by atoms with Gasteiger partial charge in [-0.2, -0.15) is 0 Å². The quantitative estimate of drug-likeness (QED) is 0.668. The van der Waals surface area contributed by atoms with Crippen molar-refractivity contribution in [3.05, 3.63) is 0 Å². The van der Waals surface area contributed by atoms with Crippen molar-refractivity contribution in [2.75, 3.05) is 6.61 Å². The maximum atomic E-state index is 9.60. The summed E-state index contributed by atoms with van der Waals surface area (Å²) in [6.45, 7) is 2.74. The Morgan fingerprint density at radius 2 is 2.00 bits per heavy atom. The van der Waals surface area contributed by atoms with E-state index >= 15 is 0 Å². The van der Waals surface area contributed by atoms with Crippen LogP contribution in [0.3, 0.4) is 0 Å². The molecule has 0 aromatic rings. The second kappa shape index (κ2) is 2.35. The summed E-state index contributed by atoms with van der Waals surface area (Å²) in [6.07, 6.45) is 7.28. The first-order chi connectivity index (χ1) is 6.47. The first-order valence-corrected chi connectivity index (χ1v) is 5.87. The van der Waals surface area contributed by atoms with E-state index < -0.39 is 0 Å². The Hall–Kier alpha value is -0.0800. The lowest BCUT2D eigenvalue weighted by atomic mass is 9.42. The number of aliphatic hydroxyl groups excluding tert-OH is 1. The molecule has 0 radical (unpaired) electrons. The van der Waals surface area contributed by atoms with Crippen LogP contribution in [-0.2, 0) is 0 Å². The molecule has 0 spiro atoms. The van der Waals surface area contributed by atoms with Gasteiger partial charge < -0.3 is 10.8 Å². The van der Waals surface area contributed by atoms with Gasteiger partial charge in [-0.1, -0.05) is 6.92 Å². The Balaban J connectivity index is 2.01. The van der Waals surface area contributed by atoms with Gasteiger partial charge in [0.1, 0.15) is 0 Å². The van der Waals surface area contributed by atoms with Gasteiger partial charge in [0.25, 0.3) is 0 Å². The molecule has 80 valence electrons. The fourth-order valence-corrected chi connectivity index (χ4v) is 5.40. The van der Waals surface area contributed by atoms with E-state index in [1.807, 2.05) is 0 Å². The lowest BCUT2D eigenvalue weighted by Crippen LogP contribution is -2.64. The molecule has 4 aliphatic rings. The van der Waals surface area contributed by atoms with Crippen LogP contribution in [0.4, 0.5) is 0 Å². The van der Waals surface area contributed by atoms with Crippen molar-refractivity contribution in [3.63, 3.8) is 0 Å². The molecular weight excluding hydrogens is 174 g/mol. The van der Waals surface area contributed by atoms with Crippen molar-refractivity contribution in [1.82, 2.24) is 0 Å². The first kappa shape index (κ1) is 9.17. The Kier molecular flexibility index (Phi) is 1.54. The summed E-state index contributed by atoms with van der Waals surface area (Å²) in [4.78, 5) is 0. The van der Waals surface area contributed by atoms with Crippen molar-refractivity contribution < 1.29 is 5.11 Å². The summed E-state index contributed by atoms with van der Waals surface area (Å²) >= 11 is 0. The molecule has 2 heteroatoms. The zero-order valence-electron chi connectivity index (χ0n) is 9.05. The van der Waals surface area contributed by atoms with Crippen molar-refractivity contribution in [2.45, 2.75) is 51.0 Å². The lowest BCUT2D eigenvalue weighted by molar-refractivity contribution is -0.132. The Bertz CT molecular complexity index is 257. The van der Waals surface area contributed by atoms with Crippen LogP contribution in [0.15, 0.2) is 0 Å². The lowest BCUT2D eigenvalue weighted by Gasteiger charge is -2.64. The van der Waals surface area contributed by atoms with Gasteiger partial charge >= 0.3 is 0 Å². The minimum atomic E-state index is 0.0664. The molecule has 4 bridgehead atoms. The summed E-state index contributed by atoms with van der Waals surface area (Å²) in [5.74, 6) is 0.799. The van der Waals surface area contributed by atoms with Gasteiger partial charge in [-0.25, -0.2) is 0 Å². The van der Waals surface area contributed by atoms with Crippen LogP contribution in [0.1, 0.15) is 45.4 Å². The third kappa shape index (κ3) is 1.10. The third-order valence-electron chi connectivity index (χ3n) is 4.84. The number of nitrogens with two attached hydrogens (primary N) is 1. The van der Waals surface area contributed by atoms with E-state index in [-0.39, 0.29) is 11.0 Å². The van der Waals surface area contributed by atoms with Crippen LogP contribution in [0.25, 0.3) is 0 Å². The van der Waals surface area contributed by atoms with Crippen LogP contribution in [0.5, 0.6) is 0 Å². The standard InChI is InChI=1S/C12H21NO/c1-10-2-9-3-11(5-10,8-14)7-12(13,4-9)6-10/h9,14H,2-8,13H2,1H3. The van der Waals surface area contributed by atoms with Crippen molar-refractivity contribution in [2.24, 2.45) is 22.5 Å². The summed E-state index contributed by atoms with van der Waals surface area (Å²) < 4.78 is 0. The average Bonchev–Trinajstić information content (AvgIpc) is 1.97. The van der Waals surface area contributed by atoms with Crippen LogP contribution in [-0.4, -0.2) is 17.3 Å². The molecular formula is C12H21NO. The molecule has 4 saturated carbocycles. The number of aliphatic hydroxyl groups is 1. The van der Waals surface area contributed by atoms with E-state index in [0.717, 1.165) is 12.3 Å². The van der Waals surface area contributed by atoms with Gasteiger partial charge in [-0.15, -0.1) is 0 Å². The summed E-state index contributed by atoms with van der Waals surface area (Å²) in [7, 11) is 0. The van der Waals surface area contributed by atoms with Crippen molar-refractivity contribution in [1.29, 1.82) is 0 Å². The smallest absolute Gasteiger partial charge is 0.0488 e. The zero-order valence-corrected chi connectivity index (χ0v) is 9.05. The number of hydrogen-bond donors (Lipinski definition) is 2. The monoisotopic (exact) mass is 195 g/mol. The highest BCUT2D eigenvalue weighted by Gasteiger charge is 2.60. The number of rotatable bonds is 1. The van der Waals surface area contributed by atoms with Gasteiger partial charge in [0, 0.05) is 12.1 Å². The predicted octanol–water partition coefficient (Wildman–Crippen LogP) is 1.67. The van der Waals surface area contributed by atoms with Crippen LogP contribution >= 0.6 is 0 Å². The van der Waals surface area contributed by atoms with Gasteiger partial charge in [-0.05, 0) is 55.3 Å². The predicted molar refractivity (Wildman–Crippen MR) is 55.7 cm³/mol. The minimum Gasteiger partial charge on any atom is -0.396 e. The molecule has 4 unspecified atom stereocenters. The first-order valence-electron chi connectivity index (χ1n) is 5.87. The molecule has 0 aromatic carbocycles. The summed E-state index contributed by atoms with van der Waals surface area (Å²) in [5, 5.41) is 9.60. The van der Waals surface area contributed by atoms with Gasteiger partial charge in [-0.3, -0.25) is 0 Å². The van der Waals surface area contributed by atoms with E-state index in [0.29, 0.717) is 12.0 Å². The molecule has 0 heterocycles. The van der Waals surface area contributed by atoms with Gasteiger partial charge in [0.05, 0.1) is 0 Å². The minimum absolute atomic E-state index is 0.0664. The molecule has 0 amide bonds. The molecule has 0 aromatic heterocycles. The second-order valence-corrected chi connectivity index (χ2v) is 6.84. The SMILES string of the molecule is CC12CC3CC(N)(C1)CC(CO)(C3)C2. The highest BCUT2D eigenvalue weighted by atomic mass is 16.3. The Morgan fingerprint density at radius 1 is 1.21 bits per heavy atom. The van der Waals surface area contributed by atoms with E-state index in [9.17, 15) is 5.11 Å². The summed E-state index contributed by atoms with van der Waals surface area (Å²) in [6, 6.07) is 0. The van der Waals surface area contributed by atoms with Crippen molar-refractivity contribution in [3.8, 4) is 0 Å². The number of hydrogen-bond acceptors (Lipinski definition) is 2. The molecule has 0 saturated heterocycles. The Morgan fingerprint density at radius 3 is 2.57 bits per heavy atom. The molecule has 4 rings (SSSR count). The third-order valence-corrected chi connectivity index (χ3v) is 4.84. The molecule has 0 aliphatic heterocycles. The molecule has 4 aliphatic carbocycles. The van der Waals surface area contributed by atoms with E-state index in [1.54, 1.807) is 0 Å². The molecule has 2 nitrogen and oxygen atoms in total. The second-order valence-electron chi connectivity index (χ2n) is 6.84. The van der Waals surface area contributed by atoms with E-state index in [4.69, 9.17) is 5.73 Å². The van der Waals surface area contributed by atoms with Gasteiger partial charge in [0.2, 0.25) is 0 Å². The maximum absolute atomic E-state index is 9.60. The van der Waals surface area contributed by atoms with E-state index in [2.05, 4.69) is 6.92 Å². The molecule has 3 N–H and O–H groups in total. The molecule has 4 fully saturated rings. The van der Waals surface area contributed by atoms with Crippen LogP contribution < -0.4 is 5.73 Å². The topological polar surface area (TPSA) is 46.2 Å². The van der Waals surface area contributed by atoms with Crippen LogP contribution in [0, 0.1) is 16.7 Å². The zero-order chi connectivity index (χ0) is 10.0. The highest BCUT2D eigenvalue weighted by molar-refractivity contribution is 5.14.